The lowest BCUT2D eigenvalue weighted by Crippen LogP contribution is -2.36. The number of rotatable bonds is 5. The van der Waals surface area contributed by atoms with Crippen molar-refractivity contribution in [2.24, 2.45) is 9.98 Å². The number of amidine groups is 2. The van der Waals surface area contributed by atoms with Crippen LogP contribution in [-0.4, -0.2) is 11.7 Å². The van der Waals surface area contributed by atoms with Gasteiger partial charge in [-0.3, -0.25) is 0 Å². The second-order valence-electron chi connectivity index (χ2n) is 14.6. The lowest BCUT2D eigenvalue weighted by Gasteiger charge is -2.24. The van der Waals surface area contributed by atoms with Crippen LogP contribution in [0.15, 0.2) is 174 Å². The maximum absolute atomic E-state index is 5.39. The lowest BCUT2D eigenvalue weighted by atomic mass is 9.82. The minimum atomic E-state index is -0.383. The highest BCUT2D eigenvalue weighted by Gasteiger charge is 2.36. The molecule has 0 saturated carbocycles. The molecular formula is C49H37N3. The Morgan fingerprint density at radius 3 is 1.73 bits per heavy atom. The minimum Gasteiger partial charge on any atom is -0.324 e. The van der Waals surface area contributed by atoms with Crippen LogP contribution in [-0.2, 0) is 11.8 Å². The summed E-state index contributed by atoms with van der Waals surface area (Å²) in [7, 11) is 0. The molecule has 10 rings (SSSR count). The Balaban J connectivity index is 1.05. The molecule has 0 aromatic heterocycles. The summed E-state index contributed by atoms with van der Waals surface area (Å²) in [4.78, 5) is 10.6. The van der Waals surface area contributed by atoms with Crippen LogP contribution in [0.1, 0.15) is 59.0 Å². The first kappa shape index (κ1) is 30.5. The summed E-state index contributed by atoms with van der Waals surface area (Å²) in [5.74, 6) is 1.70. The van der Waals surface area contributed by atoms with E-state index in [0.29, 0.717) is 0 Å². The van der Waals surface area contributed by atoms with Gasteiger partial charge >= 0.3 is 0 Å². The molecule has 3 heteroatoms. The van der Waals surface area contributed by atoms with Crippen molar-refractivity contribution in [3.8, 4) is 44.5 Å². The van der Waals surface area contributed by atoms with Crippen LogP contribution in [0.4, 0.5) is 0 Å². The zero-order valence-corrected chi connectivity index (χ0v) is 29.3. The van der Waals surface area contributed by atoms with Gasteiger partial charge in [0, 0.05) is 23.0 Å². The molecule has 0 bridgehead atoms. The summed E-state index contributed by atoms with van der Waals surface area (Å²) in [6.07, 6.45) is 0.455. The van der Waals surface area contributed by atoms with Crippen molar-refractivity contribution in [2.75, 3.05) is 0 Å². The van der Waals surface area contributed by atoms with E-state index < -0.39 is 0 Å². The molecule has 1 aliphatic heterocycles. The second kappa shape index (κ2) is 11.9. The molecule has 3 aliphatic rings. The Labute approximate surface area is 305 Å². The highest BCUT2D eigenvalue weighted by Crippen LogP contribution is 2.49. The van der Waals surface area contributed by atoms with Gasteiger partial charge in [-0.1, -0.05) is 172 Å². The van der Waals surface area contributed by atoms with E-state index in [9.17, 15) is 0 Å². The first-order chi connectivity index (χ1) is 25.5. The maximum atomic E-state index is 5.39. The summed E-state index contributed by atoms with van der Waals surface area (Å²) in [6.45, 7) is 4.64. The molecule has 7 aromatic carbocycles. The van der Waals surface area contributed by atoms with Gasteiger partial charge in [-0.2, -0.15) is 0 Å². The number of benzene rings is 7. The van der Waals surface area contributed by atoms with E-state index in [1.54, 1.807) is 0 Å². The van der Waals surface area contributed by atoms with Crippen molar-refractivity contribution in [2.45, 2.75) is 31.8 Å². The highest BCUT2D eigenvalue weighted by atomic mass is 15.2. The van der Waals surface area contributed by atoms with Gasteiger partial charge in [0.2, 0.25) is 0 Å². The summed E-state index contributed by atoms with van der Waals surface area (Å²) in [5.41, 5.74) is 18.7. The summed E-state index contributed by atoms with van der Waals surface area (Å²) in [5, 5.41) is 3.69. The standard InChI is InChI=1S/C49H37N3/c1-49(2)44-22-10-9-17-39(44)43-29-35(27-28-45(43)49)47-50-46(34-15-7-4-8-16-34)51-48(52-47)40-21-12-20-38-37-19-11-18-36(41(37)30-42(38)40)33-25-23-32(24-26-33)31-13-5-3-6-14-31/h3-29,47H,30H2,1-2H3,(H,50,51,52). The van der Waals surface area contributed by atoms with Gasteiger partial charge in [0.05, 0.1) is 0 Å². The third-order valence-electron chi connectivity index (χ3n) is 11.2. The molecule has 0 fully saturated rings. The average Bonchev–Trinajstić information content (AvgIpc) is 3.70. The minimum absolute atomic E-state index is 0.0478. The van der Waals surface area contributed by atoms with Crippen LogP contribution in [0.2, 0.25) is 0 Å². The molecular weight excluding hydrogens is 631 g/mol. The fourth-order valence-electron chi connectivity index (χ4n) is 8.58. The molecule has 0 spiro atoms. The SMILES string of the molecule is CC1(C)c2ccccc2-c2cc(C3N=C(c4ccccc4)NC(c4cccc5c4Cc4c(-c6ccc(-c7ccccc7)cc6)cccc4-5)=N3)ccc21. The Kier molecular flexibility index (Phi) is 6.97. The predicted octanol–water partition coefficient (Wildman–Crippen LogP) is 11.4. The van der Waals surface area contributed by atoms with E-state index >= 15 is 0 Å². The predicted molar refractivity (Wildman–Crippen MR) is 215 cm³/mol. The lowest BCUT2D eigenvalue weighted by molar-refractivity contribution is 0.659. The third-order valence-corrected chi connectivity index (χ3v) is 11.2. The van der Waals surface area contributed by atoms with Crippen LogP contribution in [0.5, 0.6) is 0 Å². The Morgan fingerprint density at radius 2 is 0.981 bits per heavy atom. The van der Waals surface area contributed by atoms with Crippen molar-refractivity contribution in [3.05, 3.63) is 203 Å². The van der Waals surface area contributed by atoms with Gasteiger partial charge in [0.1, 0.15) is 11.7 Å². The molecule has 52 heavy (non-hydrogen) atoms. The van der Waals surface area contributed by atoms with Crippen molar-refractivity contribution in [3.63, 3.8) is 0 Å². The van der Waals surface area contributed by atoms with Gasteiger partial charge in [-0.05, 0) is 78.4 Å². The third kappa shape index (κ3) is 4.88. The highest BCUT2D eigenvalue weighted by molar-refractivity contribution is 6.17. The molecule has 1 atom stereocenters. The largest absolute Gasteiger partial charge is 0.324 e. The smallest absolute Gasteiger partial charge is 0.169 e. The number of aliphatic imine (C=N–C) groups is 2. The fraction of sp³-hybridized carbons (Fsp3) is 0.102. The Bertz CT molecular complexity index is 2580. The summed E-state index contributed by atoms with van der Waals surface area (Å²) >= 11 is 0. The molecule has 2 aliphatic carbocycles. The number of hydrogen-bond donors (Lipinski definition) is 1. The summed E-state index contributed by atoms with van der Waals surface area (Å²) in [6, 6.07) is 59.0. The van der Waals surface area contributed by atoms with Crippen molar-refractivity contribution in [1.29, 1.82) is 0 Å². The second-order valence-corrected chi connectivity index (χ2v) is 14.6. The topological polar surface area (TPSA) is 36.8 Å². The normalized spacial score (nSPS) is 16.2. The molecule has 1 unspecified atom stereocenters. The molecule has 0 amide bonds. The zero-order chi connectivity index (χ0) is 34.8. The van der Waals surface area contributed by atoms with Gasteiger partial charge < -0.3 is 5.32 Å². The van der Waals surface area contributed by atoms with E-state index in [1.165, 1.54) is 66.8 Å². The van der Waals surface area contributed by atoms with Crippen LogP contribution >= 0.6 is 0 Å². The van der Waals surface area contributed by atoms with E-state index in [1.807, 2.05) is 6.07 Å². The number of nitrogens with zero attached hydrogens (tertiary/aromatic N) is 2. The molecule has 0 saturated heterocycles. The van der Waals surface area contributed by atoms with Gasteiger partial charge in [-0.25, -0.2) is 9.98 Å². The Hall–Kier alpha value is -6.32. The average molecular weight is 668 g/mol. The van der Waals surface area contributed by atoms with Crippen LogP contribution < -0.4 is 5.32 Å². The molecule has 7 aromatic rings. The Morgan fingerprint density at radius 1 is 0.442 bits per heavy atom. The number of nitrogens with one attached hydrogen (secondary N) is 1. The maximum Gasteiger partial charge on any atom is 0.169 e. The zero-order valence-electron chi connectivity index (χ0n) is 29.3. The number of fused-ring (bicyclic) bond motifs is 6. The van der Waals surface area contributed by atoms with Crippen molar-refractivity contribution in [1.82, 2.24) is 5.32 Å². The molecule has 3 nitrogen and oxygen atoms in total. The van der Waals surface area contributed by atoms with E-state index in [2.05, 4.69) is 177 Å². The fourth-order valence-corrected chi connectivity index (χ4v) is 8.58. The van der Waals surface area contributed by atoms with Gasteiger partial charge in [-0.15, -0.1) is 0 Å². The molecule has 1 N–H and O–H groups in total. The van der Waals surface area contributed by atoms with Crippen molar-refractivity contribution < 1.29 is 0 Å². The monoisotopic (exact) mass is 667 g/mol. The van der Waals surface area contributed by atoms with E-state index in [0.717, 1.165) is 34.8 Å². The van der Waals surface area contributed by atoms with Crippen LogP contribution in [0.25, 0.3) is 44.5 Å². The molecule has 1 heterocycles. The quantitative estimate of drug-likeness (QED) is 0.195. The summed E-state index contributed by atoms with van der Waals surface area (Å²) < 4.78 is 0. The molecule has 0 radical (unpaired) electrons. The van der Waals surface area contributed by atoms with E-state index in [4.69, 9.17) is 9.98 Å². The molecule has 248 valence electrons. The number of hydrogen-bond acceptors (Lipinski definition) is 3. The van der Waals surface area contributed by atoms with Crippen LogP contribution in [0.3, 0.4) is 0 Å². The first-order valence-electron chi connectivity index (χ1n) is 18.2. The van der Waals surface area contributed by atoms with Crippen LogP contribution in [0, 0.1) is 0 Å². The van der Waals surface area contributed by atoms with Gasteiger partial charge in [0.15, 0.2) is 6.17 Å². The van der Waals surface area contributed by atoms with Gasteiger partial charge in [0.25, 0.3) is 0 Å². The van der Waals surface area contributed by atoms with Crippen molar-refractivity contribution >= 4 is 11.7 Å². The van der Waals surface area contributed by atoms with E-state index in [-0.39, 0.29) is 11.6 Å². The first-order valence-corrected chi connectivity index (χ1v) is 18.2.